The Labute approximate surface area is 175 Å². The monoisotopic (exact) mass is 442 g/mol. The van der Waals surface area contributed by atoms with Crippen molar-refractivity contribution >= 4 is 41.3 Å². The van der Waals surface area contributed by atoms with Gasteiger partial charge in [-0.25, -0.2) is 18.5 Å². The van der Waals surface area contributed by atoms with E-state index in [1.807, 2.05) is 0 Å². The average Bonchev–Trinajstić information content (AvgIpc) is 3.04. The van der Waals surface area contributed by atoms with Gasteiger partial charge in [0.15, 0.2) is 0 Å². The number of para-hydroxylation sites is 1. The lowest BCUT2D eigenvalue weighted by Gasteiger charge is -2.21. The number of carbonyl (C=O) groups excluding carboxylic acids is 1. The number of nitrogens with one attached hydrogen (secondary N) is 1. The summed E-state index contributed by atoms with van der Waals surface area (Å²) in [6.07, 6.45) is -3.66. The van der Waals surface area contributed by atoms with Crippen LogP contribution in [0, 0.1) is 5.82 Å². The lowest BCUT2D eigenvalue weighted by atomic mass is 10.2. The van der Waals surface area contributed by atoms with Gasteiger partial charge in [0, 0.05) is 6.07 Å². The molecule has 0 fully saturated rings. The third kappa shape index (κ3) is 4.96. The van der Waals surface area contributed by atoms with Gasteiger partial charge in [0.1, 0.15) is 23.8 Å². The molecule has 1 N–H and O–H groups in total. The van der Waals surface area contributed by atoms with Gasteiger partial charge >= 0.3 is 12.2 Å². The zero-order valence-electron chi connectivity index (χ0n) is 15.9. The van der Waals surface area contributed by atoms with Crippen LogP contribution in [0.2, 0.25) is 0 Å². The molecule has 0 radical (unpaired) electrons. The number of aromatic nitrogens is 2. The third-order valence-electron chi connectivity index (χ3n) is 3.93. The van der Waals surface area contributed by atoms with E-state index in [0.717, 1.165) is 21.3 Å². The Kier molecular flexibility index (Phi) is 6.11. The molecule has 0 aliphatic carbocycles. The van der Waals surface area contributed by atoms with Crippen LogP contribution in [0.25, 0.3) is 11.0 Å². The number of hydrogen-bond donors (Lipinski definition) is 2. The highest BCUT2D eigenvalue weighted by Gasteiger charge is 2.29. The van der Waals surface area contributed by atoms with Crippen molar-refractivity contribution in [2.75, 3.05) is 9.62 Å². The maximum Gasteiger partial charge on any atom is 0.406 e. The van der Waals surface area contributed by atoms with Crippen LogP contribution < -0.4 is 14.4 Å². The Morgan fingerprint density at radius 2 is 2.03 bits per heavy atom. The van der Waals surface area contributed by atoms with Gasteiger partial charge in [0.05, 0.1) is 29.2 Å². The topological polar surface area (TPSA) is 59.4 Å². The van der Waals surface area contributed by atoms with Gasteiger partial charge in [0.25, 0.3) is 0 Å². The number of urea groups is 1. The smallest absolute Gasteiger partial charge is 0.406 e. The van der Waals surface area contributed by atoms with Crippen molar-refractivity contribution in [2.24, 2.45) is 0 Å². The molecule has 1 aromatic heterocycles. The lowest BCUT2D eigenvalue weighted by Crippen LogP contribution is -2.28. The summed E-state index contributed by atoms with van der Waals surface area (Å²) in [6.45, 7) is 2.26. The maximum absolute atomic E-state index is 13.7. The zero-order valence-corrected chi connectivity index (χ0v) is 16.8. The van der Waals surface area contributed by atoms with Crippen molar-refractivity contribution in [3.63, 3.8) is 0 Å². The quantitative estimate of drug-likeness (QED) is 0.411. The fourth-order valence-corrected chi connectivity index (χ4v) is 3.03. The van der Waals surface area contributed by atoms with Gasteiger partial charge in [-0.05, 0) is 38.1 Å². The molecular formula is C19H18F4N4O2S. The standard InChI is InChI=1S/C19H18F4N4O2S/c1-11(2)29-16-7-6-12(20)8-15(16)27(30)18(28)25-14-5-3-4-13-17(14)26(10-24-13)9-19(21,22)23/h3-8,10-11,30H,9H2,1-2H3,(H,25,28). The molecule has 160 valence electrons. The summed E-state index contributed by atoms with van der Waals surface area (Å²) < 4.78 is 59.7. The molecule has 30 heavy (non-hydrogen) atoms. The van der Waals surface area contributed by atoms with Crippen LogP contribution in [0.4, 0.5) is 33.7 Å². The fraction of sp³-hybridized carbons (Fsp3) is 0.263. The molecule has 0 atom stereocenters. The highest BCUT2D eigenvalue weighted by Crippen LogP contribution is 2.33. The van der Waals surface area contributed by atoms with Gasteiger partial charge in [-0.3, -0.25) is 0 Å². The summed E-state index contributed by atoms with van der Waals surface area (Å²) in [4.78, 5) is 16.7. The molecule has 1 heterocycles. The number of halogens is 4. The summed E-state index contributed by atoms with van der Waals surface area (Å²) in [5, 5.41) is 2.50. The van der Waals surface area contributed by atoms with Crippen LogP contribution in [0.1, 0.15) is 13.8 Å². The number of alkyl halides is 3. The first-order valence-corrected chi connectivity index (χ1v) is 9.22. The molecule has 0 bridgehead atoms. The number of ether oxygens (including phenoxy) is 1. The van der Waals surface area contributed by atoms with Crippen LogP contribution in [0.3, 0.4) is 0 Å². The minimum atomic E-state index is -4.47. The molecule has 2 aromatic carbocycles. The van der Waals surface area contributed by atoms with Gasteiger partial charge < -0.3 is 14.6 Å². The second-order valence-corrected chi connectivity index (χ2v) is 7.08. The summed E-state index contributed by atoms with van der Waals surface area (Å²) in [6, 6.07) is 7.30. The number of imidazole rings is 1. The minimum Gasteiger partial charge on any atom is -0.489 e. The molecule has 6 nitrogen and oxygen atoms in total. The summed E-state index contributed by atoms with van der Waals surface area (Å²) >= 11 is 4.13. The molecule has 0 aliphatic rings. The molecule has 3 aromatic rings. The largest absolute Gasteiger partial charge is 0.489 e. The summed E-state index contributed by atoms with van der Waals surface area (Å²) in [5.41, 5.74) is 0.515. The molecule has 0 unspecified atom stereocenters. The summed E-state index contributed by atoms with van der Waals surface area (Å²) in [7, 11) is 0. The van der Waals surface area contributed by atoms with E-state index < -0.39 is 24.6 Å². The Bertz CT molecular complexity index is 1070. The molecule has 11 heteroatoms. The Hall–Kier alpha value is -2.95. The molecule has 0 saturated carbocycles. The van der Waals surface area contributed by atoms with Gasteiger partial charge in [-0.1, -0.05) is 18.9 Å². The predicted octanol–water partition coefficient (Wildman–Crippen LogP) is 5.41. The molecule has 0 spiro atoms. The molecule has 0 saturated heterocycles. The van der Waals surface area contributed by atoms with Crippen molar-refractivity contribution in [1.29, 1.82) is 0 Å². The molecule has 2 amide bonds. The van der Waals surface area contributed by atoms with E-state index in [1.54, 1.807) is 19.9 Å². The molecule has 0 aliphatic heterocycles. The molecular weight excluding hydrogens is 424 g/mol. The Morgan fingerprint density at radius 3 is 2.70 bits per heavy atom. The van der Waals surface area contributed by atoms with E-state index in [-0.39, 0.29) is 34.3 Å². The average molecular weight is 442 g/mol. The van der Waals surface area contributed by atoms with Crippen molar-refractivity contribution in [3.8, 4) is 5.75 Å². The number of hydrogen-bond acceptors (Lipinski definition) is 4. The summed E-state index contributed by atoms with van der Waals surface area (Å²) in [5.74, 6) is -0.393. The lowest BCUT2D eigenvalue weighted by molar-refractivity contribution is -0.139. The first-order valence-electron chi connectivity index (χ1n) is 8.82. The number of amides is 2. The van der Waals surface area contributed by atoms with Crippen LogP contribution in [0.5, 0.6) is 5.75 Å². The normalized spacial score (nSPS) is 11.7. The van der Waals surface area contributed by atoms with Crippen LogP contribution in [-0.4, -0.2) is 27.9 Å². The second-order valence-electron chi connectivity index (χ2n) is 6.68. The van der Waals surface area contributed by atoms with E-state index in [4.69, 9.17) is 4.74 Å². The number of benzene rings is 2. The molecule has 3 rings (SSSR count). The number of nitrogens with zero attached hydrogens (tertiary/aromatic N) is 3. The Balaban J connectivity index is 1.92. The second kappa shape index (κ2) is 8.42. The van der Waals surface area contributed by atoms with E-state index in [9.17, 15) is 22.4 Å². The number of carbonyl (C=O) groups is 1. The van der Waals surface area contributed by atoms with Crippen molar-refractivity contribution < 1.29 is 27.1 Å². The van der Waals surface area contributed by atoms with Crippen molar-refractivity contribution in [3.05, 3.63) is 48.5 Å². The van der Waals surface area contributed by atoms with Gasteiger partial charge in [-0.15, -0.1) is 0 Å². The number of fused-ring (bicyclic) bond motifs is 1. The van der Waals surface area contributed by atoms with Gasteiger partial charge in [0.2, 0.25) is 0 Å². The van der Waals surface area contributed by atoms with Crippen molar-refractivity contribution in [1.82, 2.24) is 9.55 Å². The van der Waals surface area contributed by atoms with E-state index in [0.29, 0.717) is 0 Å². The highest BCUT2D eigenvalue weighted by atomic mass is 32.1. The predicted molar refractivity (Wildman–Crippen MR) is 108 cm³/mol. The first-order chi connectivity index (χ1) is 14.0. The fourth-order valence-electron chi connectivity index (χ4n) is 2.83. The van der Waals surface area contributed by atoms with Crippen LogP contribution in [0.15, 0.2) is 42.7 Å². The van der Waals surface area contributed by atoms with Crippen LogP contribution in [-0.2, 0) is 6.54 Å². The van der Waals surface area contributed by atoms with Gasteiger partial charge in [-0.2, -0.15) is 13.2 Å². The number of rotatable bonds is 5. The third-order valence-corrected chi connectivity index (χ3v) is 4.33. The van der Waals surface area contributed by atoms with Crippen LogP contribution >= 0.6 is 12.8 Å². The minimum absolute atomic E-state index is 0.0421. The SMILES string of the molecule is CC(C)Oc1ccc(F)cc1N(S)C(=O)Nc1cccc2ncn(CC(F)(F)F)c12. The van der Waals surface area contributed by atoms with E-state index in [1.165, 1.54) is 24.3 Å². The van der Waals surface area contributed by atoms with E-state index in [2.05, 4.69) is 23.1 Å². The highest BCUT2D eigenvalue weighted by molar-refractivity contribution is 7.82. The Morgan fingerprint density at radius 1 is 1.30 bits per heavy atom. The first kappa shape index (κ1) is 21.8. The van der Waals surface area contributed by atoms with Crippen molar-refractivity contribution in [2.45, 2.75) is 32.7 Å². The number of anilines is 2. The van der Waals surface area contributed by atoms with E-state index >= 15 is 0 Å². The maximum atomic E-state index is 13.7. The zero-order chi connectivity index (χ0) is 22.1. The number of thiol groups is 1.